The molecule has 188 valence electrons. The van der Waals surface area contributed by atoms with Gasteiger partial charge in [0, 0.05) is 53.2 Å². The van der Waals surface area contributed by atoms with Gasteiger partial charge in [-0.15, -0.1) is 0 Å². The highest BCUT2D eigenvalue weighted by Crippen LogP contribution is 2.39. The van der Waals surface area contributed by atoms with Crippen molar-refractivity contribution in [2.45, 2.75) is 24.7 Å². The number of benzene rings is 2. The van der Waals surface area contributed by atoms with Crippen LogP contribution in [0.2, 0.25) is 0 Å². The van der Waals surface area contributed by atoms with Gasteiger partial charge in [0.1, 0.15) is 23.0 Å². The van der Waals surface area contributed by atoms with Crippen molar-refractivity contribution >= 4 is 11.6 Å². The fourth-order valence-electron chi connectivity index (χ4n) is 4.46. The lowest BCUT2D eigenvalue weighted by molar-refractivity contribution is -0.153. The van der Waals surface area contributed by atoms with Crippen LogP contribution in [0.5, 0.6) is 5.75 Å². The summed E-state index contributed by atoms with van der Waals surface area (Å²) in [6.07, 6.45) is -3.09. The third kappa shape index (κ3) is 4.40. The monoisotopic (exact) mass is 506 g/mol. The van der Waals surface area contributed by atoms with E-state index in [1.54, 1.807) is 0 Å². The molecule has 2 aliphatic rings. The Morgan fingerprint density at radius 2 is 1.92 bits per heavy atom. The minimum Gasteiger partial charge on any atom is -0.483 e. The molecule has 1 saturated heterocycles. The Hall–Kier alpha value is -3.57. The van der Waals surface area contributed by atoms with Gasteiger partial charge in [-0.2, -0.15) is 13.2 Å². The van der Waals surface area contributed by atoms with Gasteiger partial charge < -0.3 is 19.5 Å². The number of hydrogen-bond acceptors (Lipinski definition) is 5. The number of fused-ring (bicyclic) bond motifs is 1. The lowest BCUT2D eigenvalue weighted by Crippen LogP contribution is -2.28. The molecule has 6 nitrogen and oxygen atoms in total. The summed E-state index contributed by atoms with van der Waals surface area (Å²) >= 11 is 0. The van der Waals surface area contributed by atoms with E-state index in [0.29, 0.717) is 12.2 Å². The van der Waals surface area contributed by atoms with E-state index < -0.39 is 35.9 Å². The van der Waals surface area contributed by atoms with E-state index in [9.17, 15) is 31.9 Å². The first-order chi connectivity index (χ1) is 17.1. The molecule has 0 aliphatic carbocycles. The van der Waals surface area contributed by atoms with Crippen LogP contribution in [0.3, 0.4) is 0 Å². The molecule has 1 aromatic heterocycles. The topological polar surface area (TPSA) is 71.9 Å². The van der Waals surface area contributed by atoms with Crippen molar-refractivity contribution in [1.82, 2.24) is 4.98 Å². The maximum Gasteiger partial charge on any atom is 0.422 e. The lowest BCUT2D eigenvalue weighted by Gasteiger charge is -2.23. The Morgan fingerprint density at radius 1 is 1.11 bits per heavy atom. The number of nitrogens with zero attached hydrogens (tertiary/aromatic N) is 2. The van der Waals surface area contributed by atoms with E-state index in [-0.39, 0.29) is 53.4 Å². The number of amides is 1. The van der Waals surface area contributed by atoms with Gasteiger partial charge in [-0.25, -0.2) is 8.78 Å². The summed E-state index contributed by atoms with van der Waals surface area (Å²) in [4.78, 5) is 18.7. The van der Waals surface area contributed by atoms with Crippen LogP contribution in [0.1, 0.15) is 27.9 Å². The van der Waals surface area contributed by atoms with Crippen LogP contribution in [0.4, 0.5) is 27.6 Å². The Labute approximate surface area is 201 Å². The van der Waals surface area contributed by atoms with Gasteiger partial charge in [-0.05, 0) is 30.3 Å². The standard InChI is InChI=1S/C25H19F5N2O4/c26-14-1-3-17(21(9-14)36-13-25(28,29)30)22-18-11-32(23(33)16(18)5-7-31-22)15-2-4-19(20(27)10-15)24(34)6-8-35-12-24/h1-5,7,9-10,34H,6,8,11-13H2. The molecule has 0 spiro atoms. The van der Waals surface area contributed by atoms with Crippen molar-refractivity contribution in [3.05, 3.63) is 77.0 Å². The van der Waals surface area contributed by atoms with Gasteiger partial charge in [0.2, 0.25) is 0 Å². The Morgan fingerprint density at radius 3 is 2.61 bits per heavy atom. The highest BCUT2D eigenvalue weighted by molar-refractivity contribution is 6.11. The highest BCUT2D eigenvalue weighted by atomic mass is 19.4. The van der Waals surface area contributed by atoms with Gasteiger partial charge in [-0.3, -0.25) is 9.78 Å². The number of rotatable bonds is 5. The fourth-order valence-corrected chi connectivity index (χ4v) is 4.46. The maximum absolute atomic E-state index is 15.0. The van der Waals surface area contributed by atoms with Crippen LogP contribution in [-0.2, 0) is 16.9 Å². The van der Waals surface area contributed by atoms with Crippen LogP contribution in [0.15, 0.2) is 48.7 Å². The number of aliphatic hydroxyl groups is 1. The molecule has 0 radical (unpaired) electrons. The number of carbonyl (C=O) groups is 1. The van der Waals surface area contributed by atoms with Gasteiger partial charge in [-0.1, -0.05) is 6.07 Å². The summed E-state index contributed by atoms with van der Waals surface area (Å²) in [6.45, 7) is -1.43. The number of alkyl halides is 3. The molecular weight excluding hydrogens is 487 g/mol. The summed E-state index contributed by atoms with van der Waals surface area (Å²) in [5.41, 5.74) is -0.344. The largest absolute Gasteiger partial charge is 0.483 e. The maximum atomic E-state index is 15.0. The van der Waals surface area contributed by atoms with E-state index >= 15 is 0 Å². The second-order valence-electron chi connectivity index (χ2n) is 8.62. The molecule has 1 N–H and O–H groups in total. The number of halogens is 5. The van der Waals surface area contributed by atoms with Gasteiger partial charge in [0.05, 0.1) is 18.8 Å². The van der Waals surface area contributed by atoms with Crippen molar-refractivity contribution in [1.29, 1.82) is 0 Å². The zero-order valence-corrected chi connectivity index (χ0v) is 18.6. The molecular formula is C25H19F5N2O4. The smallest absolute Gasteiger partial charge is 0.422 e. The second kappa shape index (κ2) is 8.82. The average Bonchev–Trinajstić information content (AvgIpc) is 3.41. The van der Waals surface area contributed by atoms with Crippen molar-refractivity contribution in [3.8, 4) is 17.0 Å². The molecule has 1 amide bonds. The molecule has 1 unspecified atom stereocenters. The molecule has 2 aromatic carbocycles. The van der Waals surface area contributed by atoms with E-state index in [4.69, 9.17) is 9.47 Å². The molecule has 0 saturated carbocycles. The predicted molar refractivity (Wildman–Crippen MR) is 117 cm³/mol. The minimum atomic E-state index is -4.64. The third-order valence-electron chi connectivity index (χ3n) is 6.20. The van der Waals surface area contributed by atoms with E-state index in [2.05, 4.69) is 4.98 Å². The average molecular weight is 506 g/mol. The fraction of sp³-hybridized carbons (Fsp3) is 0.280. The molecule has 11 heteroatoms. The predicted octanol–water partition coefficient (Wildman–Crippen LogP) is 4.74. The summed E-state index contributed by atoms with van der Waals surface area (Å²) < 4.78 is 77.0. The number of hydrogen-bond donors (Lipinski definition) is 1. The van der Waals surface area contributed by atoms with E-state index in [1.807, 2.05) is 0 Å². The van der Waals surface area contributed by atoms with Crippen molar-refractivity contribution in [2.75, 3.05) is 24.7 Å². The molecule has 2 aliphatic heterocycles. The zero-order valence-electron chi connectivity index (χ0n) is 18.6. The molecule has 1 fully saturated rings. The highest BCUT2D eigenvalue weighted by Gasteiger charge is 2.38. The Kier molecular flexibility index (Phi) is 5.92. The number of anilines is 1. The van der Waals surface area contributed by atoms with E-state index in [1.165, 1.54) is 35.4 Å². The number of ether oxygens (including phenoxy) is 2. The number of aromatic nitrogens is 1. The molecule has 3 heterocycles. The first-order valence-corrected chi connectivity index (χ1v) is 11.0. The van der Waals surface area contributed by atoms with E-state index in [0.717, 1.165) is 18.2 Å². The summed E-state index contributed by atoms with van der Waals surface area (Å²) in [7, 11) is 0. The van der Waals surface area contributed by atoms with Gasteiger partial charge in [0.25, 0.3) is 5.91 Å². The summed E-state index contributed by atoms with van der Waals surface area (Å²) in [5.74, 6) is -2.35. The first-order valence-electron chi connectivity index (χ1n) is 11.0. The second-order valence-corrected chi connectivity index (χ2v) is 8.62. The van der Waals surface area contributed by atoms with Crippen molar-refractivity contribution in [2.24, 2.45) is 0 Å². The molecule has 1 atom stereocenters. The van der Waals surface area contributed by atoms with Crippen LogP contribution in [-0.4, -0.2) is 42.0 Å². The first kappa shape index (κ1) is 24.1. The van der Waals surface area contributed by atoms with Crippen molar-refractivity contribution in [3.63, 3.8) is 0 Å². The number of carbonyl (C=O) groups excluding carboxylic acids is 1. The Bertz CT molecular complexity index is 1340. The van der Waals surface area contributed by atoms with Crippen LogP contribution in [0.25, 0.3) is 11.3 Å². The third-order valence-corrected chi connectivity index (χ3v) is 6.20. The molecule has 3 aromatic rings. The Balaban J connectivity index is 1.49. The zero-order chi connectivity index (χ0) is 25.7. The lowest BCUT2D eigenvalue weighted by atomic mass is 9.92. The summed E-state index contributed by atoms with van der Waals surface area (Å²) in [6, 6.07) is 8.59. The molecule has 36 heavy (non-hydrogen) atoms. The van der Waals surface area contributed by atoms with Crippen LogP contribution in [0, 0.1) is 11.6 Å². The van der Waals surface area contributed by atoms with Crippen LogP contribution >= 0.6 is 0 Å². The van der Waals surface area contributed by atoms with Gasteiger partial charge in [0.15, 0.2) is 6.61 Å². The molecule has 5 rings (SSSR count). The SMILES string of the molecule is O=C1c2ccnc(-c3ccc(F)cc3OCC(F)(F)F)c2CN1c1ccc(C2(O)CCOC2)c(F)c1. The summed E-state index contributed by atoms with van der Waals surface area (Å²) in [5, 5.41) is 10.6. The van der Waals surface area contributed by atoms with Crippen LogP contribution < -0.4 is 9.64 Å². The van der Waals surface area contributed by atoms with Gasteiger partial charge >= 0.3 is 6.18 Å². The minimum absolute atomic E-state index is 0.0389. The molecule has 0 bridgehead atoms. The van der Waals surface area contributed by atoms with Crippen molar-refractivity contribution < 1.29 is 41.3 Å². The quantitative estimate of drug-likeness (QED) is 0.507. The number of pyridine rings is 1. The normalized spacial score (nSPS) is 19.6.